The van der Waals surface area contributed by atoms with Crippen molar-refractivity contribution in [3.63, 3.8) is 0 Å². The third-order valence-corrected chi connectivity index (χ3v) is 3.19. The van der Waals surface area contributed by atoms with Gasteiger partial charge in [-0.1, -0.05) is 13.8 Å². The highest BCUT2D eigenvalue weighted by Gasteiger charge is 2.70. The maximum Gasteiger partial charge on any atom is 0.135 e. The number of carbonyl (C=O) groups excluding carboxylic acids is 1. The molecule has 60 valence electrons. The Morgan fingerprint density at radius 2 is 1.91 bits per heavy atom. The van der Waals surface area contributed by atoms with Gasteiger partial charge < -0.3 is 0 Å². The molecule has 0 aromatic carbocycles. The van der Waals surface area contributed by atoms with Gasteiger partial charge in [0, 0.05) is 5.92 Å². The smallest absolute Gasteiger partial charge is 0.135 e. The van der Waals surface area contributed by atoms with Crippen molar-refractivity contribution >= 4 is 5.78 Å². The fourth-order valence-corrected chi connectivity index (χ4v) is 2.10. The lowest BCUT2D eigenvalue weighted by Gasteiger charge is -2.00. The Hall–Kier alpha value is -0.840. The monoisotopic (exact) mass is 151 g/mol. The lowest BCUT2D eigenvalue weighted by molar-refractivity contribution is -0.119. The van der Waals surface area contributed by atoms with Crippen molar-refractivity contribution in [1.29, 1.82) is 5.26 Å². The van der Waals surface area contributed by atoms with Crippen LogP contribution in [0.1, 0.15) is 27.7 Å². The van der Waals surface area contributed by atoms with Crippen LogP contribution in [0.4, 0.5) is 0 Å². The molecule has 1 aliphatic rings. The van der Waals surface area contributed by atoms with Crippen LogP contribution >= 0.6 is 0 Å². The SMILES string of the molecule is CC(=O)C1C(C)(C)C1(C)C#N. The Kier molecular flexibility index (Phi) is 1.39. The van der Waals surface area contributed by atoms with Gasteiger partial charge >= 0.3 is 0 Å². The normalized spacial score (nSPS) is 39.4. The molecule has 0 spiro atoms. The molecule has 0 aliphatic heterocycles. The molecule has 2 unspecified atom stereocenters. The average molecular weight is 151 g/mol. The van der Waals surface area contributed by atoms with Crippen LogP contribution < -0.4 is 0 Å². The predicted molar refractivity (Wildman–Crippen MR) is 41.7 cm³/mol. The van der Waals surface area contributed by atoms with E-state index in [9.17, 15) is 4.79 Å². The molecule has 1 aliphatic carbocycles. The van der Waals surface area contributed by atoms with Crippen LogP contribution in [0.2, 0.25) is 0 Å². The van der Waals surface area contributed by atoms with Gasteiger partial charge in [-0.05, 0) is 19.3 Å². The summed E-state index contributed by atoms with van der Waals surface area (Å²) in [5.74, 6) is 0.0825. The molecule has 1 fully saturated rings. The van der Waals surface area contributed by atoms with Crippen LogP contribution in [0, 0.1) is 28.1 Å². The molecule has 0 N–H and O–H groups in total. The summed E-state index contributed by atoms with van der Waals surface area (Å²) in [4.78, 5) is 11.0. The lowest BCUT2D eigenvalue weighted by Crippen LogP contribution is -2.01. The Balaban J connectivity index is 2.95. The van der Waals surface area contributed by atoms with Gasteiger partial charge in [-0.15, -0.1) is 0 Å². The van der Waals surface area contributed by atoms with Crippen molar-refractivity contribution in [2.75, 3.05) is 0 Å². The summed E-state index contributed by atoms with van der Waals surface area (Å²) in [6, 6.07) is 2.22. The summed E-state index contributed by atoms with van der Waals surface area (Å²) < 4.78 is 0. The minimum absolute atomic E-state index is 0.0556. The van der Waals surface area contributed by atoms with Crippen molar-refractivity contribution < 1.29 is 4.79 Å². The van der Waals surface area contributed by atoms with E-state index >= 15 is 0 Å². The van der Waals surface area contributed by atoms with Crippen molar-refractivity contribution in [2.24, 2.45) is 16.7 Å². The highest BCUT2D eigenvalue weighted by molar-refractivity contribution is 5.84. The first-order valence-corrected chi connectivity index (χ1v) is 3.79. The van der Waals surface area contributed by atoms with E-state index in [-0.39, 0.29) is 17.1 Å². The molecular formula is C9H13NO. The Morgan fingerprint density at radius 1 is 1.45 bits per heavy atom. The van der Waals surface area contributed by atoms with Gasteiger partial charge in [0.25, 0.3) is 0 Å². The number of carbonyl (C=O) groups is 1. The summed E-state index contributed by atoms with van der Waals surface area (Å²) in [5.41, 5.74) is -0.535. The van der Waals surface area contributed by atoms with Crippen molar-refractivity contribution in [2.45, 2.75) is 27.7 Å². The molecule has 0 heterocycles. The molecule has 2 heteroatoms. The highest BCUT2D eigenvalue weighted by atomic mass is 16.1. The number of rotatable bonds is 1. The number of Topliss-reactive ketones (excluding diaryl/α,β-unsaturated/α-hetero) is 1. The number of hydrogen-bond acceptors (Lipinski definition) is 2. The molecule has 11 heavy (non-hydrogen) atoms. The highest BCUT2D eigenvalue weighted by Crippen LogP contribution is 2.68. The van der Waals surface area contributed by atoms with Gasteiger partial charge in [0.05, 0.1) is 11.5 Å². The van der Waals surface area contributed by atoms with E-state index < -0.39 is 5.41 Å². The van der Waals surface area contributed by atoms with Gasteiger partial charge in [0.2, 0.25) is 0 Å². The zero-order chi connectivity index (χ0) is 8.86. The first kappa shape index (κ1) is 8.26. The molecule has 0 radical (unpaired) electrons. The third-order valence-electron chi connectivity index (χ3n) is 3.19. The third kappa shape index (κ3) is 0.742. The van der Waals surface area contributed by atoms with Crippen LogP contribution in [-0.2, 0) is 4.79 Å². The van der Waals surface area contributed by atoms with E-state index in [0.717, 1.165) is 0 Å². The summed E-state index contributed by atoms with van der Waals surface area (Å²) >= 11 is 0. The van der Waals surface area contributed by atoms with E-state index in [2.05, 4.69) is 6.07 Å². The quantitative estimate of drug-likeness (QED) is 0.573. The predicted octanol–water partition coefficient (Wildman–Crippen LogP) is 1.76. The van der Waals surface area contributed by atoms with Gasteiger partial charge in [0.1, 0.15) is 5.78 Å². The summed E-state index contributed by atoms with van der Waals surface area (Å²) in [5, 5.41) is 8.82. The van der Waals surface area contributed by atoms with Gasteiger partial charge in [0.15, 0.2) is 0 Å². The Bertz CT molecular complexity index is 249. The fourth-order valence-electron chi connectivity index (χ4n) is 2.10. The maximum atomic E-state index is 11.0. The van der Waals surface area contributed by atoms with E-state index in [1.54, 1.807) is 6.92 Å². The van der Waals surface area contributed by atoms with Crippen LogP contribution in [0.5, 0.6) is 0 Å². The molecule has 0 bridgehead atoms. The molecule has 2 nitrogen and oxygen atoms in total. The van der Waals surface area contributed by atoms with E-state index in [4.69, 9.17) is 5.26 Å². The number of ketones is 1. The zero-order valence-corrected chi connectivity index (χ0v) is 7.43. The Morgan fingerprint density at radius 3 is 2.00 bits per heavy atom. The van der Waals surface area contributed by atoms with Crippen molar-refractivity contribution in [1.82, 2.24) is 0 Å². The van der Waals surface area contributed by atoms with Gasteiger partial charge in [-0.3, -0.25) is 4.79 Å². The second-order valence-electron chi connectivity index (χ2n) is 4.08. The van der Waals surface area contributed by atoms with Crippen molar-refractivity contribution in [3.05, 3.63) is 0 Å². The molecular weight excluding hydrogens is 138 g/mol. The molecule has 0 aromatic heterocycles. The maximum absolute atomic E-state index is 11.0. The van der Waals surface area contributed by atoms with Crippen LogP contribution in [0.15, 0.2) is 0 Å². The Labute approximate surface area is 67.2 Å². The first-order chi connectivity index (χ1) is 4.88. The fraction of sp³-hybridized carbons (Fsp3) is 0.778. The van der Waals surface area contributed by atoms with Crippen LogP contribution in [0.3, 0.4) is 0 Å². The van der Waals surface area contributed by atoms with E-state index in [1.165, 1.54) is 0 Å². The van der Waals surface area contributed by atoms with Crippen LogP contribution in [-0.4, -0.2) is 5.78 Å². The summed E-state index contributed by atoms with van der Waals surface area (Å²) in [7, 11) is 0. The second kappa shape index (κ2) is 1.85. The number of nitrogens with zero attached hydrogens (tertiary/aromatic N) is 1. The minimum Gasteiger partial charge on any atom is -0.300 e. The molecule has 1 saturated carbocycles. The zero-order valence-electron chi connectivity index (χ0n) is 7.43. The van der Waals surface area contributed by atoms with Crippen LogP contribution in [0.25, 0.3) is 0 Å². The molecule has 0 amide bonds. The molecule has 0 saturated heterocycles. The minimum atomic E-state index is -0.418. The van der Waals surface area contributed by atoms with E-state index in [0.29, 0.717) is 0 Å². The summed E-state index contributed by atoms with van der Waals surface area (Å²) in [6.45, 7) is 7.37. The average Bonchev–Trinajstić information content (AvgIpc) is 2.29. The van der Waals surface area contributed by atoms with Crippen molar-refractivity contribution in [3.8, 4) is 6.07 Å². The lowest BCUT2D eigenvalue weighted by atomic mass is 10.0. The second-order valence-corrected chi connectivity index (χ2v) is 4.08. The first-order valence-electron chi connectivity index (χ1n) is 3.79. The van der Waals surface area contributed by atoms with Gasteiger partial charge in [-0.25, -0.2) is 0 Å². The topological polar surface area (TPSA) is 40.9 Å². The largest absolute Gasteiger partial charge is 0.300 e. The number of nitriles is 1. The van der Waals surface area contributed by atoms with Gasteiger partial charge in [-0.2, -0.15) is 5.26 Å². The molecule has 0 aromatic rings. The molecule has 1 rings (SSSR count). The number of hydrogen-bond donors (Lipinski definition) is 0. The van der Waals surface area contributed by atoms with E-state index in [1.807, 2.05) is 20.8 Å². The standard InChI is InChI=1S/C9H13NO/c1-6(11)7-8(2,3)9(7,4)5-10/h7H,1-4H3. The summed E-state index contributed by atoms with van der Waals surface area (Å²) in [6.07, 6.45) is 0. The molecule has 2 atom stereocenters.